The molecule has 0 amide bonds. The lowest BCUT2D eigenvalue weighted by molar-refractivity contribution is -0.167. The third-order valence-electron chi connectivity index (χ3n) is 9.77. The molecule has 0 saturated carbocycles. The lowest BCUT2D eigenvalue weighted by Crippen LogP contribution is -2.30. The number of ether oxygens (including phenoxy) is 3. The molecule has 0 aliphatic heterocycles. The zero-order valence-corrected chi connectivity index (χ0v) is 34.1. The molecule has 300 valence electrons. The molecule has 0 radical (unpaired) electrons. The summed E-state index contributed by atoms with van der Waals surface area (Å²) < 4.78 is 16.6. The Hall–Kier alpha value is -1.85. The van der Waals surface area contributed by atoms with E-state index in [4.69, 9.17) is 14.2 Å². The van der Waals surface area contributed by atoms with E-state index in [-0.39, 0.29) is 31.1 Å². The van der Waals surface area contributed by atoms with Crippen molar-refractivity contribution < 1.29 is 28.6 Å². The smallest absolute Gasteiger partial charge is 0.306 e. The standard InChI is InChI=1S/C45H84O6/c1-4-7-10-13-16-19-20-21-22-23-24-25-26-27-30-32-35-38-44(47)50-41-42(51-45(48)39-36-33-29-18-15-12-9-6-3)40-49-43(46)37-34-31-28-17-14-11-8-5-2/h21-22,42H,4-20,23-41H2,1-3H3/b22-21-. The van der Waals surface area contributed by atoms with Crippen molar-refractivity contribution >= 4 is 17.9 Å². The highest BCUT2D eigenvalue weighted by molar-refractivity contribution is 5.71. The van der Waals surface area contributed by atoms with Gasteiger partial charge in [-0.3, -0.25) is 14.4 Å². The monoisotopic (exact) mass is 721 g/mol. The van der Waals surface area contributed by atoms with Crippen molar-refractivity contribution in [2.45, 2.75) is 245 Å². The number of carbonyl (C=O) groups is 3. The van der Waals surface area contributed by atoms with Crippen molar-refractivity contribution in [1.82, 2.24) is 0 Å². The first kappa shape index (κ1) is 49.1. The lowest BCUT2D eigenvalue weighted by atomic mass is 10.1. The maximum absolute atomic E-state index is 12.6. The summed E-state index contributed by atoms with van der Waals surface area (Å²) in [5.74, 6) is -0.876. The number of carbonyl (C=O) groups excluding carboxylic acids is 3. The van der Waals surface area contributed by atoms with Crippen molar-refractivity contribution in [3.05, 3.63) is 12.2 Å². The van der Waals surface area contributed by atoms with Crippen molar-refractivity contribution in [2.75, 3.05) is 13.2 Å². The zero-order valence-electron chi connectivity index (χ0n) is 34.1. The van der Waals surface area contributed by atoms with Gasteiger partial charge in [0.2, 0.25) is 0 Å². The van der Waals surface area contributed by atoms with Gasteiger partial charge in [0.15, 0.2) is 6.10 Å². The minimum Gasteiger partial charge on any atom is -0.462 e. The van der Waals surface area contributed by atoms with Crippen LogP contribution in [0.4, 0.5) is 0 Å². The van der Waals surface area contributed by atoms with Gasteiger partial charge in [-0.25, -0.2) is 0 Å². The summed E-state index contributed by atoms with van der Waals surface area (Å²) in [4.78, 5) is 37.5. The quantitative estimate of drug-likeness (QED) is 0.0271. The van der Waals surface area contributed by atoms with Crippen molar-refractivity contribution in [1.29, 1.82) is 0 Å². The van der Waals surface area contributed by atoms with Crippen LogP contribution < -0.4 is 0 Å². The molecule has 6 heteroatoms. The van der Waals surface area contributed by atoms with Gasteiger partial charge in [0.05, 0.1) is 0 Å². The molecule has 0 aliphatic carbocycles. The van der Waals surface area contributed by atoms with Crippen LogP contribution in [0.3, 0.4) is 0 Å². The van der Waals surface area contributed by atoms with Crippen LogP contribution in [0, 0.1) is 0 Å². The number of hydrogen-bond acceptors (Lipinski definition) is 6. The molecule has 1 atom stereocenters. The average Bonchev–Trinajstić information content (AvgIpc) is 3.12. The normalized spacial score (nSPS) is 12.0. The Balaban J connectivity index is 4.22. The van der Waals surface area contributed by atoms with Gasteiger partial charge in [-0.05, 0) is 44.9 Å². The largest absolute Gasteiger partial charge is 0.462 e. The fourth-order valence-corrected chi connectivity index (χ4v) is 6.38. The van der Waals surface area contributed by atoms with Gasteiger partial charge >= 0.3 is 17.9 Å². The summed E-state index contributed by atoms with van der Waals surface area (Å²) in [6.45, 7) is 6.57. The second-order valence-corrected chi connectivity index (χ2v) is 15.0. The number of allylic oxidation sites excluding steroid dienone is 2. The molecule has 0 spiro atoms. The fraction of sp³-hybridized carbons (Fsp3) is 0.889. The molecule has 0 aromatic heterocycles. The fourth-order valence-electron chi connectivity index (χ4n) is 6.38. The molecule has 0 bridgehead atoms. The molecular formula is C45H84O6. The number of rotatable bonds is 40. The molecule has 0 aliphatic rings. The summed E-state index contributed by atoms with van der Waals surface area (Å²) in [5, 5.41) is 0. The van der Waals surface area contributed by atoms with Gasteiger partial charge in [0.25, 0.3) is 0 Å². The lowest BCUT2D eigenvalue weighted by Gasteiger charge is -2.18. The number of esters is 3. The first-order valence-corrected chi connectivity index (χ1v) is 22.2. The maximum Gasteiger partial charge on any atom is 0.306 e. The van der Waals surface area contributed by atoms with E-state index < -0.39 is 6.10 Å². The Kier molecular flexibility index (Phi) is 39.4. The Labute approximate surface area is 316 Å². The molecule has 0 aromatic carbocycles. The van der Waals surface area contributed by atoms with Crippen LogP contribution in [0.2, 0.25) is 0 Å². The van der Waals surface area contributed by atoms with Gasteiger partial charge in [-0.2, -0.15) is 0 Å². The summed E-state index contributed by atoms with van der Waals surface area (Å²) >= 11 is 0. The Bertz CT molecular complexity index is 794. The molecular weight excluding hydrogens is 636 g/mol. The van der Waals surface area contributed by atoms with Crippen LogP contribution in [0.15, 0.2) is 12.2 Å². The predicted octanol–water partition coefficient (Wildman–Crippen LogP) is 13.9. The highest BCUT2D eigenvalue weighted by Crippen LogP contribution is 2.14. The highest BCUT2D eigenvalue weighted by Gasteiger charge is 2.19. The molecule has 0 rings (SSSR count). The van der Waals surface area contributed by atoms with Gasteiger partial charge in [0.1, 0.15) is 13.2 Å². The van der Waals surface area contributed by atoms with E-state index >= 15 is 0 Å². The van der Waals surface area contributed by atoms with E-state index in [1.807, 2.05) is 0 Å². The Morgan fingerprint density at radius 3 is 0.980 bits per heavy atom. The highest BCUT2D eigenvalue weighted by atomic mass is 16.6. The second-order valence-electron chi connectivity index (χ2n) is 15.0. The van der Waals surface area contributed by atoms with E-state index in [2.05, 4.69) is 32.9 Å². The van der Waals surface area contributed by atoms with Crippen LogP contribution >= 0.6 is 0 Å². The van der Waals surface area contributed by atoms with Crippen LogP contribution in [-0.4, -0.2) is 37.2 Å². The van der Waals surface area contributed by atoms with E-state index in [0.29, 0.717) is 19.3 Å². The molecule has 0 aromatic rings. The third-order valence-corrected chi connectivity index (χ3v) is 9.77. The van der Waals surface area contributed by atoms with Crippen molar-refractivity contribution in [3.8, 4) is 0 Å². The molecule has 1 unspecified atom stereocenters. The first-order valence-electron chi connectivity index (χ1n) is 22.2. The van der Waals surface area contributed by atoms with Crippen LogP contribution in [0.1, 0.15) is 239 Å². The summed E-state index contributed by atoms with van der Waals surface area (Å²) in [7, 11) is 0. The van der Waals surface area contributed by atoms with Gasteiger partial charge < -0.3 is 14.2 Å². The molecule has 0 heterocycles. The Morgan fingerprint density at radius 2 is 0.647 bits per heavy atom. The zero-order chi connectivity index (χ0) is 37.3. The number of unbranched alkanes of at least 4 members (excludes halogenated alkanes) is 27. The van der Waals surface area contributed by atoms with E-state index in [0.717, 1.165) is 57.8 Å². The average molecular weight is 721 g/mol. The second kappa shape index (κ2) is 40.9. The molecule has 6 nitrogen and oxygen atoms in total. The molecule has 51 heavy (non-hydrogen) atoms. The van der Waals surface area contributed by atoms with Crippen molar-refractivity contribution in [3.63, 3.8) is 0 Å². The van der Waals surface area contributed by atoms with Crippen LogP contribution in [-0.2, 0) is 28.6 Å². The first-order chi connectivity index (χ1) is 25.0. The van der Waals surface area contributed by atoms with Crippen LogP contribution in [0.25, 0.3) is 0 Å². The van der Waals surface area contributed by atoms with E-state index in [1.54, 1.807) is 0 Å². The summed E-state index contributed by atoms with van der Waals surface area (Å²) in [6, 6.07) is 0. The summed E-state index contributed by atoms with van der Waals surface area (Å²) in [5.41, 5.74) is 0. The number of hydrogen-bond donors (Lipinski definition) is 0. The van der Waals surface area contributed by atoms with Gasteiger partial charge in [-0.1, -0.05) is 187 Å². The molecule has 0 N–H and O–H groups in total. The third kappa shape index (κ3) is 39.2. The van der Waals surface area contributed by atoms with E-state index in [9.17, 15) is 14.4 Å². The Morgan fingerprint density at radius 1 is 0.373 bits per heavy atom. The molecule has 0 fully saturated rings. The van der Waals surface area contributed by atoms with Crippen LogP contribution in [0.5, 0.6) is 0 Å². The SMILES string of the molecule is CCCCCCCC/C=C\CCCCCCCCCC(=O)OCC(COC(=O)CCCCCCCCCC)OC(=O)CCCCCCCCCC. The topological polar surface area (TPSA) is 78.9 Å². The predicted molar refractivity (Wildman–Crippen MR) is 215 cm³/mol. The summed E-state index contributed by atoms with van der Waals surface area (Å²) in [6.07, 6.45) is 42.1. The minimum absolute atomic E-state index is 0.0682. The van der Waals surface area contributed by atoms with E-state index in [1.165, 1.54) is 141 Å². The maximum atomic E-state index is 12.6. The minimum atomic E-state index is -0.761. The molecule has 0 saturated heterocycles. The van der Waals surface area contributed by atoms with Crippen molar-refractivity contribution in [2.24, 2.45) is 0 Å². The van der Waals surface area contributed by atoms with Gasteiger partial charge in [0, 0.05) is 19.3 Å². The van der Waals surface area contributed by atoms with Gasteiger partial charge in [-0.15, -0.1) is 0 Å².